The third kappa shape index (κ3) is 3.85. The van der Waals surface area contributed by atoms with E-state index in [1.54, 1.807) is 0 Å². The van der Waals surface area contributed by atoms with Crippen molar-refractivity contribution in [3.05, 3.63) is 76.5 Å². The number of rotatable bonds is 3. The smallest absolute Gasteiger partial charge is 0.184 e. The van der Waals surface area contributed by atoms with Crippen LogP contribution in [0.2, 0.25) is 0 Å². The van der Waals surface area contributed by atoms with Crippen LogP contribution in [0.5, 0.6) is 0 Å². The Balaban J connectivity index is 1.87. The molecule has 1 atom stereocenters. The molecule has 0 aromatic heterocycles. The summed E-state index contributed by atoms with van der Waals surface area (Å²) in [5.41, 5.74) is 4.67. The highest BCUT2D eigenvalue weighted by Crippen LogP contribution is 2.32. The van der Waals surface area contributed by atoms with Crippen LogP contribution in [0.3, 0.4) is 0 Å². The molecule has 1 nitrogen and oxygen atoms in total. The Hall–Kier alpha value is -2.46. The number of hydrogen-bond donors (Lipinski definition) is 0. The Morgan fingerprint density at radius 1 is 1.04 bits per heavy atom. The van der Waals surface area contributed by atoms with Gasteiger partial charge in [0.05, 0.1) is 5.76 Å². The molecule has 1 unspecified atom stereocenters. The molecule has 0 bridgehead atoms. The Morgan fingerprint density at radius 3 is 2.61 bits per heavy atom. The van der Waals surface area contributed by atoms with E-state index in [9.17, 15) is 0 Å². The van der Waals surface area contributed by atoms with Gasteiger partial charge >= 0.3 is 0 Å². The predicted octanol–water partition coefficient (Wildman–Crippen LogP) is 5.65. The van der Waals surface area contributed by atoms with Crippen molar-refractivity contribution in [3.8, 4) is 11.8 Å². The second kappa shape index (κ2) is 7.20. The maximum absolute atomic E-state index is 6.15. The van der Waals surface area contributed by atoms with E-state index in [1.165, 1.54) is 17.5 Å². The molecule has 0 amide bonds. The SMILES string of the molecule is CCCCC1=Cc2ccccc2C(C#Cc2ccc(C)cc2)O1. The number of benzene rings is 2. The van der Waals surface area contributed by atoms with E-state index >= 15 is 0 Å². The molecule has 2 aromatic rings. The highest BCUT2D eigenvalue weighted by atomic mass is 16.5. The Kier molecular flexibility index (Phi) is 4.83. The van der Waals surface area contributed by atoms with Crippen molar-refractivity contribution >= 4 is 6.08 Å². The van der Waals surface area contributed by atoms with Gasteiger partial charge < -0.3 is 4.74 Å². The van der Waals surface area contributed by atoms with Crippen LogP contribution in [0.25, 0.3) is 6.08 Å². The fraction of sp³-hybridized carbons (Fsp3) is 0.273. The van der Waals surface area contributed by atoms with Crippen molar-refractivity contribution in [3.63, 3.8) is 0 Å². The van der Waals surface area contributed by atoms with Gasteiger partial charge in [-0.15, -0.1) is 0 Å². The first-order valence-electron chi connectivity index (χ1n) is 8.30. The highest BCUT2D eigenvalue weighted by Gasteiger charge is 2.19. The third-order valence-corrected chi connectivity index (χ3v) is 4.04. The van der Waals surface area contributed by atoms with Crippen LogP contribution in [0.15, 0.2) is 54.3 Å². The largest absolute Gasteiger partial charge is 0.477 e. The van der Waals surface area contributed by atoms with Crippen LogP contribution in [0.4, 0.5) is 0 Å². The molecule has 0 aliphatic carbocycles. The van der Waals surface area contributed by atoms with Gasteiger partial charge in [-0.2, -0.15) is 0 Å². The molecule has 1 heteroatoms. The zero-order valence-corrected chi connectivity index (χ0v) is 13.8. The highest BCUT2D eigenvalue weighted by molar-refractivity contribution is 5.59. The fourth-order valence-corrected chi connectivity index (χ4v) is 2.68. The first-order valence-corrected chi connectivity index (χ1v) is 8.30. The minimum atomic E-state index is -0.177. The standard InChI is InChI=1S/C22H22O/c1-3-4-8-20-16-19-7-5-6-9-21(19)22(23-20)15-14-18-12-10-17(2)11-13-18/h5-7,9-13,16,22H,3-4,8H2,1-2H3. The molecular formula is C22H22O. The maximum atomic E-state index is 6.15. The Bertz CT molecular complexity index is 757. The number of ether oxygens (including phenoxy) is 1. The van der Waals surface area contributed by atoms with Crippen molar-refractivity contribution < 1.29 is 4.74 Å². The number of unbranched alkanes of at least 4 members (excludes halogenated alkanes) is 1. The second-order valence-electron chi connectivity index (χ2n) is 5.98. The lowest BCUT2D eigenvalue weighted by Gasteiger charge is -2.23. The lowest BCUT2D eigenvalue weighted by atomic mass is 9.98. The quantitative estimate of drug-likeness (QED) is 0.666. The monoisotopic (exact) mass is 302 g/mol. The van der Waals surface area contributed by atoms with E-state index in [0.29, 0.717) is 0 Å². The van der Waals surface area contributed by atoms with E-state index in [2.05, 4.69) is 74.2 Å². The Labute approximate surface area is 139 Å². The van der Waals surface area contributed by atoms with Crippen LogP contribution >= 0.6 is 0 Å². The average molecular weight is 302 g/mol. The Morgan fingerprint density at radius 2 is 1.83 bits per heavy atom. The van der Waals surface area contributed by atoms with Gasteiger partial charge in [-0.1, -0.05) is 61.2 Å². The minimum Gasteiger partial charge on any atom is -0.477 e. The van der Waals surface area contributed by atoms with Crippen LogP contribution < -0.4 is 0 Å². The lowest BCUT2D eigenvalue weighted by molar-refractivity contribution is 0.153. The van der Waals surface area contributed by atoms with Crippen molar-refractivity contribution in [1.29, 1.82) is 0 Å². The van der Waals surface area contributed by atoms with Crippen LogP contribution in [-0.2, 0) is 4.74 Å². The first kappa shape index (κ1) is 15.4. The van der Waals surface area contributed by atoms with Crippen molar-refractivity contribution in [2.24, 2.45) is 0 Å². The summed E-state index contributed by atoms with van der Waals surface area (Å²) in [4.78, 5) is 0. The van der Waals surface area contributed by atoms with Gasteiger partial charge in [0, 0.05) is 17.5 Å². The van der Waals surface area contributed by atoms with E-state index in [-0.39, 0.29) is 6.10 Å². The summed E-state index contributed by atoms with van der Waals surface area (Å²) < 4.78 is 6.15. The molecule has 1 aliphatic heterocycles. The molecule has 0 spiro atoms. The van der Waals surface area contributed by atoms with Gasteiger partial charge in [-0.05, 0) is 43.0 Å². The molecule has 1 heterocycles. The molecule has 0 saturated heterocycles. The summed E-state index contributed by atoms with van der Waals surface area (Å²) in [6.07, 6.45) is 5.28. The van der Waals surface area contributed by atoms with Crippen LogP contribution in [0, 0.1) is 18.8 Å². The van der Waals surface area contributed by atoms with Crippen LogP contribution in [-0.4, -0.2) is 0 Å². The summed E-state index contributed by atoms with van der Waals surface area (Å²) in [7, 11) is 0. The molecule has 0 fully saturated rings. The summed E-state index contributed by atoms with van der Waals surface area (Å²) in [6.45, 7) is 4.29. The van der Waals surface area contributed by atoms with Gasteiger partial charge in [0.15, 0.2) is 6.10 Å². The zero-order chi connectivity index (χ0) is 16.1. The molecule has 116 valence electrons. The van der Waals surface area contributed by atoms with E-state index in [4.69, 9.17) is 4.74 Å². The summed E-state index contributed by atoms with van der Waals surface area (Å²) in [5, 5.41) is 0. The van der Waals surface area contributed by atoms with Crippen molar-refractivity contribution in [2.45, 2.75) is 39.2 Å². The van der Waals surface area contributed by atoms with Crippen molar-refractivity contribution in [1.82, 2.24) is 0 Å². The number of aryl methyl sites for hydroxylation is 1. The van der Waals surface area contributed by atoms with Crippen LogP contribution in [0.1, 0.15) is 54.5 Å². The van der Waals surface area contributed by atoms with Gasteiger partial charge in [0.2, 0.25) is 0 Å². The van der Waals surface area contributed by atoms with Gasteiger partial charge in [0.25, 0.3) is 0 Å². The molecule has 0 radical (unpaired) electrons. The lowest BCUT2D eigenvalue weighted by Crippen LogP contribution is -2.09. The normalized spacial score (nSPS) is 15.7. The predicted molar refractivity (Wildman–Crippen MR) is 95.8 cm³/mol. The molecule has 0 N–H and O–H groups in total. The van der Waals surface area contributed by atoms with Gasteiger partial charge in [-0.25, -0.2) is 0 Å². The molecule has 2 aromatic carbocycles. The average Bonchev–Trinajstić information content (AvgIpc) is 2.59. The fourth-order valence-electron chi connectivity index (χ4n) is 2.68. The zero-order valence-electron chi connectivity index (χ0n) is 13.8. The molecule has 1 aliphatic rings. The van der Waals surface area contributed by atoms with E-state index in [1.807, 2.05) is 6.07 Å². The summed E-state index contributed by atoms with van der Waals surface area (Å²) in [6, 6.07) is 16.7. The summed E-state index contributed by atoms with van der Waals surface area (Å²) >= 11 is 0. The topological polar surface area (TPSA) is 9.23 Å². The summed E-state index contributed by atoms with van der Waals surface area (Å²) in [5.74, 6) is 7.61. The number of fused-ring (bicyclic) bond motifs is 1. The maximum Gasteiger partial charge on any atom is 0.184 e. The molecule has 3 rings (SSSR count). The first-order chi connectivity index (χ1) is 11.3. The minimum absolute atomic E-state index is 0.177. The van der Waals surface area contributed by atoms with Gasteiger partial charge in [0.1, 0.15) is 0 Å². The molecule has 0 saturated carbocycles. The molecule has 23 heavy (non-hydrogen) atoms. The van der Waals surface area contributed by atoms with E-state index < -0.39 is 0 Å². The number of allylic oxidation sites excluding steroid dienone is 1. The third-order valence-electron chi connectivity index (χ3n) is 4.04. The molecular weight excluding hydrogens is 280 g/mol. The van der Waals surface area contributed by atoms with Crippen molar-refractivity contribution in [2.75, 3.05) is 0 Å². The number of hydrogen-bond acceptors (Lipinski definition) is 1. The van der Waals surface area contributed by atoms with E-state index in [0.717, 1.165) is 29.7 Å². The van der Waals surface area contributed by atoms with Gasteiger partial charge in [-0.3, -0.25) is 0 Å². The second-order valence-corrected chi connectivity index (χ2v) is 5.98.